The van der Waals surface area contributed by atoms with Gasteiger partial charge in [-0.1, -0.05) is 38.1 Å². The molecule has 0 saturated heterocycles. The molecule has 2 aromatic carbocycles. The summed E-state index contributed by atoms with van der Waals surface area (Å²) in [6.07, 6.45) is 1.66. The second kappa shape index (κ2) is 13.4. The molecule has 1 N–H and O–H groups in total. The number of rotatable bonds is 10. The fourth-order valence-electron chi connectivity index (χ4n) is 4.75. The van der Waals surface area contributed by atoms with E-state index in [1.54, 1.807) is 12.1 Å². The third kappa shape index (κ3) is 8.31. The first-order valence-corrected chi connectivity index (χ1v) is 18.0. The Bertz CT molecular complexity index is 1470. The molecule has 1 aliphatic heterocycles. The summed E-state index contributed by atoms with van der Waals surface area (Å²) in [5.41, 5.74) is 4.45. The maximum Gasteiger partial charge on any atom is 0.258 e. The van der Waals surface area contributed by atoms with Crippen LogP contribution < -0.4 is 10.1 Å². The van der Waals surface area contributed by atoms with Gasteiger partial charge in [0.15, 0.2) is 8.32 Å². The molecule has 0 spiro atoms. The molecular weight excluding hydrogens is 558 g/mol. The topological polar surface area (TPSA) is 114 Å². The van der Waals surface area contributed by atoms with Crippen LogP contribution in [0.15, 0.2) is 40.9 Å². The highest BCUT2D eigenvalue weighted by molar-refractivity contribution is 6.74. The van der Waals surface area contributed by atoms with E-state index >= 15 is 0 Å². The molecule has 1 aromatic heterocycles. The van der Waals surface area contributed by atoms with Gasteiger partial charge in [-0.2, -0.15) is 10.2 Å². The molecular formula is C33H45N5O4Si. The Kier molecular flexibility index (Phi) is 10.1. The number of ether oxygens (including phenoxy) is 1. The number of hydrogen-bond donors (Lipinski definition) is 1. The fourth-order valence-corrected chi connectivity index (χ4v) is 5.85. The van der Waals surface area contributed by atoms with Crippen LogP contribution in [0.25, 0.3) is 22.8 Å². The van der Waals surface area contributed by atoms with Crippen LogP contribution in [0.3, 0.4) is 0 Å². The van der Waals surface area contributed by atoms with Crippen LogP contribution >= 0.6 is 0 Å². The number of nitrogens with zero attached hydrogens (tertiary/aromatic N) is 4. The molecule has 1 amide bonds. The van der Waals surface area contributed by atoms with Gasteiger partial charge in [-0.25, -0.2) is 0 Å². The van der Waals surface area contributed by atoms with E-state index in [4.69, 9.17) is 13.7 Å². The molecule has 0 fully saturated rings. The van der Waals surface area contributed by atoms with Crippen LogP contribution in [0.4, 0.5) is 0 Å². The summed E-state index contributed by atoms with van der Waals surface area (Å²) in [4.78, 5) is 19.7. The summed E-state index contributed by atoms with van der Waals surface area (Å²) < 4.78 is 17.6. The number of carbonyl (C=O) groups is 1. The van der Waals surface area contributed by atoms with Gasteiger partial charge in [0.2, 0.25) is 11.7 Å². The fraction of sp³-hybridized carbons (Fsp3) is 0.515. The van der Waals surface area contributed by atoms with Crippen molar-refractivity contribution in [3.63, 3.8) is 0 Å². The molecule has 1 atom stereocenters. The highest BCUT2D eigenvalue weighted by atomic mass is 28.4. The Morgan fingerprint density at radius 3 is 2.47 bits per heavy atom. The molecule has 9 nitrogen and oxygen atoms in total. The molecule has 43 heavy (non-hydrogen) atoms. The van der Waals surface area contributed by atoms with E-state index in [0.717, 1.165) is 31.5 Å². The molecule has 1 aliphatic rings. The van der Waals surface area contributed by atoms with Crippen molar-refractivity contribution in [1.29, 1.82) is 5.26 Å². The van der Waals surface area contributed by atoms with Crippen molar-refractivity contribution < 1.29 is 18.5 Å². The molecule has 0 bridgehead atoms. The van der Waals surface area contributed by atoms with Crippen molar-refractivity contribution in [1.82, 2.24) is 20.4 Å². The summed E-state index contributed by atoms with van der Waals surface area (Å²) in [6, 6.07) is 13.7. The van der Waals surface area contributed by atoms with Crippen LogP contribution in [0.2, 0.25) is 18.1 Å². The van der Waals surface area contributed by atoms with Gasteiger partial charge in [0, 0.05) is 30.3 Å². The summed E-state index contributed by atoms with van der Waals surface area (Å²) in [6.45, 7) is 19.5. The van der Waals surface area contributed by atoms with Crippen LogP contribution in [-0.4, -0.2) is 67.7 Å². The average Bonchev–Trinajstić information content (AvgIpc) is 3.35. The minimum absolute atomic E-state index is 0.0284. The monoisotopic (exact) mass is 603 g/mol. The van der Waals surface area contributed by atoms with E-state index < -0.39 is 8.32 Å². The second-order valence-corrected chi connectivity index (χ2v) is 18.0. The summed E-state index contributed by atoms with van der Waals surface area (Å²) in [7, 11) is -1.85. The van der Waals surface area contributed by atoms with Crippen LogP contribution in [0.1, 0.15) is 58.2 Å². The largest absolute Gasteiger partial charge is 0.490 e. The molecule has 3 aromatic rings. The van der Waals surface area contributed by atoms with Gasteiger partial charge in [0.1, 0.15) is 11.8 Å². The van der Waals surface area contributed by atoms with Crippen molar-refractivity contribution >= 4 is 14.2 Å². The molecule has 0 aliphatic carbocycles. The predicted octanol–water partition coefficient (Wildman–Crippen LogP) is 5.99. The zero-order valence-corrected chi connectivity index (χ0v) is 27.8. The Hall–Kier alpha value is -3.52. The van der Waals surface area contributed by atoms with E-state index in [-0.39, 0.29) is 23.1 Å². The van der Waals surface area contributed by atoms with E-state index in [1.807, 2.05) is 32.9 Å². The zero-order chi connectivity index (χ0) is 31.4. The highest BCUT2D eigenvalue weighted by Crippen LogP contribution is 2.36. The third-order valence-corrected chi connectivity index (χ3v) is 12.8. The first kappa shape index (κ1) is 32.4. The second-order valence-electron chi connectivity index (χ2n) is 13.2. The lowest BCUT2D eigenvalue weighted by Gasteiger charge is -2.37. The lowest BCUT2D eigenvalue weighted by atomic mass is 10.00. The van der Waals surface area contributed by atoms with Crippen molar-refractivity contribution in [3.8, 4) is 34.7 Å². The normalized spacial score (nSPS) is 15.0. The van der Waals surface area contributed by atoms with Crippen molar-refractivity contribution in [2.75, 3.05) is 26.2 Å². The van der Waals surface area contributed by atoms with Gasteiger partial charge in [0.05, 0.1) is 24.8 Å². The maximum absolute atomic E-state index is 12.8. The Morgan fingerprint density at radius 2 is 1.79 bits per heavy atom. The minimum atomic E-state index is -1.85. The summed E-state index contributed by atoms with van der Waals surface area (Å²) in [5.74, 6) is 1.40. The third-order valence-electron chi connectivity index (χ3n) is 8.27. The first-order chi connectivity index (χ1) is 20.3. The molecule has 230 valence electrons. The lowest BCUT2D eigenvalue weighted by Crippen LogP contribution is -2.47. The standard InChI is InChI=1S/C33H45N5O4Si/c1-22(2)41-29-12-11-27(18-28(29)19-34)32-36-31(37-42-32)26-10-9-24-13-15-38(16-14-25(24)17-26)20-30(39)35-23(3)21-40-43(7,8)33(4,5)6/h9-12,17-18,22-23H,13-16,20-21H2,1-8H3,(H,35,39)/t23-/m0/s1. The van der Waals surface area contributed by atoms with Gasteiger partial charge in [0.25, 0.3) is 5.89 Å². The number of carbonyl (C=O) groups excluding carboxylic acids is 1. The van der Waals surface area contributed by atoms with Gasteiger partial charge >= 0.3 is 0 Å². The SMILES string of the molecule is CC(C)Oc1ccc(-c2nc(-c3ccc4c(c3)CCN(CC(=O)N[C@@H](C)CO[Si](C)(C)C(C)(C)C)CC4)no2)cc1C#N. The number of fused-ring (bicyclic) bond motifs is 1. The first-order valence-electron chi connectivity index (χ1n) is 15.1. The van der Waals surface area contributed by atoms with Crippen molar-refractivity contribution in [2.24, 2.45) is 0 Å². The molecule has 0 unspecified atom stereocenters. The van der Waals surface area contributed by atoms with Gasteiger partial charge < -0.3 is 19.0 Å². The van der Waals surface area contributed by atoms with Gasteiger partial charge in [-0.3, -0.25) is 9.69 Å². The lowest BCUT2D eigenvalue weighted by molar-refractivity contribution is -0.123. The van der Waals surface area contributed by atoms with Crippen molar-refractivity contribution in [2.45, 2.75) is 84.7 Å². The number of nitriles is 1. The number of benzene rings is 2. The van der Waals surface area contributed by atoms with E-state index in [9.17, 15) is 10.1 Å². The van der Waals surface area contributed by atoms with E-state index in [1.165, 1.54) is 11.1 Å². The molecule has 0 saturated carbocycles. The summed E-state index contributed by atoms with van der Waals surface area (Å²) in [5, 5.41) is 17.1. The molecule has 0 radical (unpaired) electrons. The Balaban J connectivity index is 1.35. The Labute approximate surface area is 256 Å². The molecule has 4 rings (SSSR count). The average molecular weight is 604 g/mol. The predicted molar refractivity (Wildman–Crippen MR) is 170 cm³/mol. The summed E-state index contributed by atoms with van der Waals surface area (Å²) >= 11 is 0. The molecule has 2 heterocycles. The Morgan fingerprint density at radius 1 is 1.09 bits per heavy atom. The van der Waals surface area contributed by atoms with E-state index in [0.29, 0.717) is 41.7 Å². The van der Waals surface area contributed by atoms with E-state index in [2.05, 4.69) is 72.4 Å². The minimum Gasteiger partial charge on any atom is -0.490 e. The van der Waals surface area contributed by atoms with Gasteiger partial charge in [-0.05, 0) is 87.1 Å². The van der Waals surface area contributed by atoms with Crippen LogP contribution in [-0.2, 0) is 22.1 Å². The number of aromatic nitrogens is 2. The number of hydrogen-bond acceptors (Lipinski definition) is 8. The van der Waals surface area contributed by atoms with Crippen LogP contribution in [0.5, 0.6) is 5.75 Å². The molecule has 10 heteroatoms. The smallest absolute Gasteiger partial charge is 0.258 e. The number of nitrogens with one attached hydrogen (secondary N) is 1. The quantitative estimate of drug-likeness (QED) is 0.281. The zero-order valence-electron chi connectivity index (χ0n) is 26.8. The maximum atomic E-state index is 12.8. The van der Waals surface area contributed by atoms with Crippen molar-refractivity contribution in [3.05, 3.63) is 53.1 Å². The highest BCUT2D eigenvalue weighted by Gasteiger charge is 2.37. The van der Waals surface area contributed by atoms with Crippen LogP contribution in [0, 0.1) is 11.3 Å². The number of amides is 1. The van der Waals surface area contributed by atoms with Gasteiger partial charge in [-0.15, -0.1) is 0 Å².